The summed E-state index contributed by atoms with van der Waals surface area (Å²) in [6, 6.07) is 13.8. The highest BCUT2D eigenvalue weighted by atomic mass is 127. The van der Waals surface area contributed by atoms with Gasteiger partial charge in [0.25, 0.3) is 5.91 Å². The van der Waals surface area contributed by atoms with E-state index in [0.717, 1.165) is 38.5 Å². The summed E-state index contributed by atoms with van der Waals surface area (Å²) in [6.45, 7) is 3.07. The normalized spacial score (nSPS) is 14.6. The number of hydrogen-bond acceptors (Lipinski definition) is 2. The molecule has 3 rings (SSSR count). The zero-order valence-electron chi connectivity index (χ0n) is 13.9. The van der Waals surface area contributed by atoms with Crippen LogP contribution in [0.4, 0.5) is 11.4 Å². The molecule has 0 saturated heterocycles. The maximum Gasteiger partial charge on any atom is 0.256 e. The van der Waals surface area contributed by atoms with Gasteiger partial charge in [-0.1, -0.05) is 25.0 Å². The number of anilines is 2. The molecule has 4 heteroatoms. The zero-order valence-corrected chi connectivity index (χ0v) is 16.1. The molecule has 0 aromatic heterocycles. The summed E-state index contributed by atoms with van der Waals surface area (Å²) in [5.41, 5.74) is 3.78. The molecule has 1 amide bonds. The van der Waals surface area contributed by atoms with Crippen molar-refractivity contribution in [2.45, 2.75) is 32.6 Å². The molecule has 0 bridgehead atoms. The first-order valence-electron chi connectivity index (χ1n) is 8.54. The average molecular weight is 434 g/mol. The van der Waals surface area contributed by atoms with Crippen molar-refractivity contribution in [3.63, 3.8) is 0 Å². The number of aryl methyl sites for hydroxylation is 1. The van der Waals surface area contributed by atoms with Gasteiger partial charge in [0, 0.05) is 21.5 Å². The second kappa shape index (κ2) is 8.01. The van der Waals surface area contributed by atoms with Crippen molar-refractivity contribution in [2.24, 2.45) is 5.92 Å². The van der Waals surface area contributed by atoms with Crippen LogP contribution in [0, 0.1) is 16.4 Å². The molecule has 2 aromatic carbocycles. The van der Waals surface area contributed by atoms with Gasteiger partial charge in [-0.25, -0.2) is 0 Å². The fourth-order valence-corrected chi connectivity index (χ4v) is 3.77. The Balaban J connectivity index is 1.59. The third kappa shape index (κ3) is 4.29. The number of rotatable bonds is 5. The Labute approximate surface area is 157 Å². The van der Waals surface area contributed by atoms with Crippen molar-refractivity contribution in [3.05, 3.63) is 57.2 Å². The van der Waals surface area contributed by atoms with Gasteiger partial charge in [-0.2, -0.15) is 0 Å². The third-order valence-corrected chi connectivity index (χ3v) is 6.08. The quantitative estimate of drug-likeness (QED) is 0.615. The monoisotopic (exact) mass is 434 g/mol. The maximum absolute atomic E-state index is 12.4. The molecule has 1 aliphatic carbocycles. The molecule has 0 atom stereocenters. The molecule has 0 radical (unpaired) electrons. The number of hydrogen-bond donors (Lipinski definition) is 2. The van der Waals surface area contributed by atoms with Crippen LogP contribution in [0.1, 0.15) is 41.6 Å². The number of amides is 1. The van der Waals surface area contributed by atoms with Crippen LogP contribution in [-0.2, 0) is 0 Å². The molecule has 1 aliphatic rings. The van der Waals surface area contributed by atoms with Crippen LogP contribution in [-0.4, -0.2) is 12.5 Å². The molecule has 0 aliphatic heterocycles. The van der Waals surface area contributed by atoms with Crippen molar-refractivity contribution in [1.82, 2.24) is 0 Å². The van der Waals surface area contributed by atoms with E-state index in [4.69, 9.17) is 0 Å². The Morgan fingerprint density at radius 1 is 1.08 bits per heavy atom. The predicted octanol–water partition coefficient (Wildman–Crippen LogP) is 5.45. The van der Waals surface area contributed by atoms with E-state index in [-0.39, 0.29) is 5.91 Å². The molecule has 1 fully saturated rings. The number of carbonyl (C=O) groups excluding carboxylic acids is 1. The SMILES string of the molecule is Cc1cccc(C(=O)Nc2ccc(NCC3CCCC3)cc2)c1I. The smallest absolute Gasteiger partial charge is 0.256 e. The maximum atomic E-state index is 12.4. The first-order chi connectivity index (χ1) is 11.6. The molecule has 1 saturated carbocycles. The van der Waals surface area contributed by atoms with E-state index in [1.807, 2.05) is 49.4 Å². The van der Waals surface area contributed by atoms with Gasteiger partial charge in [-0.05, 0) is 84.2 Å². The highest BCUT2D eigenvalue weighted by Gasteiger charge is 2.14. The molecular weight excluding hydrogens is 411 g/mol. The topological polar surface area (TPSA) is 41.1 Å². The van der Waals surface area contributed by atoms with Crippen LogP contribution in [0.15, 0.2) is 42.5 Å². The zero-order chi connectivity index (χ0) is 16.9. The van der Waals surface area contributed by atoms with Crippen LogP contribution in [0.2, 0.25) is 0 Å². The van der Waals surface area contributed by atoms with Crippen molar-refractivity contribution in [2.75, 3.05) is 17.2 Å². The predicted molar refractivity (Wildman–Crippen MR) is 109 cm³/mol. The molecule has 24 heavy (non-hydrogen) atoms. The highest BCUT2D eigenvalue weighted by molar-refractivity contribution is 14.1. The molecule has 0 spiro atoms. The van der Waals surface area contributed by atoms with E-state index in [0.29, 0.717) is 0 Å². The molecule has 3 nitrogen and oxygen atoms in total. The number of nitrogens with one attached hydrogen (secondary N) is 2. The lowest BCUT2D eigenvalue weighted by Crippen LogP contribution is -2.14. The minimum atomic E-state index is -0.0604. The van der Waals surface area contributed by atoms with Crippen LogP contribution < -0.4 is 10.6 Å². The Bertz CT molecular complexity index is 706. The lowest BCUT2D eigenvalue weighted by atomic mass is 10.1. The van der Waals surface area contributed by atoms with E-state index in [1.54, 1.807) is 0 Å². The second-order valence-corrected chi connectivity index (χ2v) is 7.58. The molecule has 0 heterocycles. The Hall–Kier alpha value is -1.56. The van der Waals surface area contributed by atoms with Gasteiger partial charge < -0.3 is 10.6 Å². The number of carbonyl (C=O) groups is 1. The van der Waals surface area contributed by atoms with Crippen molar-refractivity contribution in [1.29, 1.82) is 0 Å². The summed E-state index contributed by atoms with van der Waals surface area (Å²) >= 11 is 2.23. The number of halogens is 1. The largest absolute Gasteiger partial charge is 0.385 e. The fraction of sp³-hybridized carbons (Fsp3) is 0.350. The van der Waals surface area contributed by atoms with E-state index < -0.39 is 0 Å². The van der Waals surface area contributed by atoms with Crippen LogP contribution in [0.5, 0.6) is 0 Å². The first-order valence-corrected chi connectivity index (χ1v) is 9.62. The molecular formula is C20H23IN2O. The summed E-state index contributed by atoms with van der Waals surface area (Å²) in [7, 11) is 0. The minimum Gasteiger partial charge on any atom is -0.385 e. The lowest BCUT2D eigenvalue weighted by Gasteiger charge is -2.13. The van der Waals surface area contributed by atoms with Gasteiger partial charge in [-0.15, -0.1) is 0 Å². The van der Waals surface area contributed by atoms with Gasteiger partial charge in [-0.3, -0.25) is 4.79 Å². The molecule has 2 aromatic rings. The molecule has 0 unspecified atom stereocenters. The Kier molecular flexibility index (Phi) is 5.76. The van der Waals surface area contributed by atoms with Gasteiger partial charge in [0.15, 0.2) is 0 Å². The van der Waals surface area contributed by atoms with E-state index in [2.05, 4.69) is 33.2 Å². The highest BCUT2D eigenvalue weighted by Crippen LogP contribution is 2.25. The average Bonchev–Trinajstić information content (AvgIpc) is 3.10. The van der Waals surface area contributed by atoms with Gasteiger partial charge >= 0.3 is 0 Å². The Morgan fingerprint density at radius 3 is 2.46 bits per heavy atom. The summed E-state index contributed by atoms with van der Waals surface area (Å²) in [5.74, 6) is 0.752. The van der Waals surface area contributed by atoms with Crippen LogP contribution >= 0.6 is 22.6 Å². The summed E-state index contributed by atoms with van der Waals surface area (Å²) in [4.78, 5) is 12.4. The summed E-state index contributed by atoms with van der Waals surface area (Å²) in [5, 5.41) is 6.48. The van der Waals surface area contributed by atoms with Crippen LogP contribution in [0.3, 0.4) is 0 Å². The van der Waals surface area contributed by atoms with Crippen molar-refractivity contribution >= 4 is 39.9 Å². The summed E-state index contributed by atoms with van der Waals surface area (Å²) in [6.07, 6.45) is 5.43. The van der Waals surface area contributed by atoms with E-state index in [1.165, 1.54) is 25.7 Å². The third-order valence-electron chi connectivity index (χ3n) is 4.65. The minimum absolute atomic E-state index is 0.0604. The van der Waals surface area contributed by atoms with E-state index >= 15 is 0 Å². The second-order valence-electron chi connectivity index (χ2n) is 6.50. The first kappa shape index (κ1) is 17.3. The van der Waals surface area contributed by atoms with Gasteiger partial charge in [0.05, 0.1) is 5.56 Å². The van der Waals surface area contributed by atoms with Crippen molar-refractivity contribution < 1.29 is 4.79 Å². The standard InChI is InChI=1S/C20H23IN2O/c1-14-5-4-8-18(19(14)21)20(24)23-17-11-9-16(10-12-17)22-13-15-6-2-3-7-15/h4-5,8-12,15,22H,2-3,6-7,13H2,1H3,(H,23,24). The molecule has 2 N–H and O–H groups in total. The summed E-state index contributed by atoms with van der Waals surface area (Å²) < 4.78 is 1.00. The fourth-order valence-electron chi connectivity index (χ4n) is 3.17. The number of benzene rings is 2. The van der Waals surface area contributed by atoms with Crippen molar-refractivity contribution in [3.8, 4) is 0 Å². The Morgan fingerprint density at radius 2 is 1.75 bits per heavy atom. The lowest BCUT2D eigenvalue weighted by molar-refractivity contribution is 0.102. The van der Waals surface area contributed by atoms with E-state index in [9.17, 15) is 4.79 Å². The van der Waals surface area contributed by atoms with Gasteiger partial charge in [0.2, 0.25) is 0 Å². The van der Waals surface area contributed by atoms with Gasteiger partial charge in [0.1, 0.15) is 0 Å². The molecule has 126 valence electrons. The van der Waals surface area contributed by atoms with Crippen LogP contribution in [0.25, 0.3) is 0 Å².